The lowest BCUT2D eigenvalue weighted by molar-refractivity contribution is -0.130. The Bertz CT molecular complexity index is 770. The first-order valence-corrected chi connectivity index (χ1v) is 8.67. The number of aryl methyl sites for hydroxylation is 2. The van der Waals surface area contributed by atoms with Crippen molar-refractivity contribution in [2.45, 2.75) is 33.8 Å². The molecule has 0 aliphatic rings. The fraction of sp³-hybridized carbons (Fsp3) is 0.333. The topological polar surface area (TPSA) is 80.6 Å². The molecule has 0 saturated heterocycles. The second-order valence-corrected chi connectivity index (χ2v) is 6.84. The number of rotatable bonds is 5. The van der Waals surface area contributed by atoms with Crippen LogP contribution in [-0.4, -0.2) is 17.9 Å². The number of ether oxygens (including phenoxy) is 1. The number of hydrazine groups is 1. The van der Waals surface area contributed by atoms with E-state index in [0.29, 0.717) is 22.8 Å². The number of amides is 2. The largest absolute Gasteiger partial charge is 0.479 e. The summed E-state index contributed by atoms with van der Waals surface area (Å²) in [6, 6.07) is 8.89. The first-order valence-electron chi connectivity index (χ1n) is 7.88. The summed E-state index contributed by atoms with van der Waals surface area (Å²) < 4.78 is 11.9. The van der Waals surface area contributed by atoms with E-state index in [1.807, 2.05) is 32.0 Å². The van der Waals surface area contributed by atoms with Crippen molar-refractivity contribution in [1.29, 1.82) is 0 Å². The summed E-state index contributed by atoms with van der Waals surface area (Å²) in [6.07, 6.45) is -0.758. The van der Waals surface area contributed by atoms with Gasteiger partial charge in [-0.05, 0) is 53.9 Å². The maximum Gasteiger partial charge on any atom is 0.279 e. The number of hydrogen-bond acceptors (Lipinski definition) is 4. The molecule has 0 fully saturated rings. The molecular weight excluding hydrogens is 388 g/mol. The predicted molar refractivity (Wildman–Crippen MR) is 97.2 cm³/mol. The summed E-state index contributed by atoms with van der Waals surface area (Å²) in [5.41, 5.74) is 5.20. The Morgan fingerprint density at radius 1 is 1.16 bits per heavy atom. The van der Waals surface area contributed by atoms with E-state index in [2.05, 4.69) is 26.8 Å². The number of hydrogen-bond donors (Lipinski definition) is 2. The second kappa shape index (κ2) is 8.20. The number of halogens is 1. The van der Waals surface area contributed by atoms with Crippen molar-refractivity contribution in [3.8, 4) is 5.75 Å². The zero-order valence-corrected chi connectivity index (χ0v) is 16.1. The Kier molecular flexibility index (Phi) is 6.25. The molecule has 0 aliphatic carbocycles. The Labute approximate surface area is 155 Å². The van der Waals surface area contributed by atoms with Crippen LogP contribution in [0.5, 0.6) is 5.75 Å². The first kappa shape index (κ1) is 19.1. The van der Waals surface area contributed by atoms with Crippen molar-refractivity contribution in [3.05, 3.63) is 51.9 Å². The minimum Gasteiger partial charge on any atom is -0.479 e. The van der Waals surface area contributed by atoms with Gasteiger partial charge in [-0.25, -0.2) is 0 Å². The summed E-state index contributed by atoms with van der Waals surface area (Å²) in [5.74, 6) is 0.717. The van der Waals surface area contributed by atoms with E-state index in [4.69, 9.17) is 9.15 Å². The van der Waals surface area contributed by atoms with E-state index in [1.165, 1.54) is 0 Å². The highest BCUT2D eigenvalue weighted by Crippen LogP contribution is 2.26. The van der Waals surface area contributed by atoms with Crippen LogP contribution in [-0.2, 0) is 4.79 Å². The van der Waals surface area contributed by atoms with Gasteiger partial charge in [0.25, 0.3) is 11.8 Å². The normalized spacial score (nSPS) is 11.9. The SMILES string of the molecule is Cc1cc(C(=O)NNC(=O)[C@H](Oc2ccccc2Br)C(C)C)c(C)o1. The molecule has 0 spiro atoms. The van der Waals surface area contributed by atoms with E-state index < -0.39 is 17.9 Å². The Morgan fingerprint density at radius 2 is 1.84 bits per heavy atom. The van der Waals surface area contributed by atoms with Gasteiger partial charge in [-0.2, -0.15) is 0 Å². The van der Waals surface area contributed by atoms with Crippen molar-refractivity contribution in [2.75, 3.05) is 0 Å². The van der Waals surface area contributed by atoms with E-state index >= 15 is 0 Å². The lowest BCUT2D eigenvalue weighted by Gasteiger charge is -2.22. The quantitative estimate of drug-likeness (QED) is 0.741. The first-order chi connectivity index (χ1) is 11.8. The van der Waals surface area contributed by atoms with Crippen LogP contribution >= 0.6 is 15.9 Å². The van der Waals surface area contributed by atoms with Gasteiger partial charge in [-0.1, -0.05) is 26.0 Å². The van der Waals surface area contributed by atoms with Crippen LogP contribution in [0.3, 0.4) is 0 Å². The zero-order valence-electron chi connectivity index (χ0n) is 14.6. The molecule has 25 heavy (non-hydrogen) atoms. The molecule has 134 valence electrons. The van der Waals surface area contributed by atoms with Gasteiger partial charge in [0.2, 0.25) is 0 Å². The number of carbonyl (C=O) groups is 2. The molecule has 0 bridgehead atoms. The average Bonchev–Trinajstić information content (AvgIpc) is 2.89. The molecule has 0 radical (unpaired) electrons. The van der Waals surface area contributed by atoms with Gasteiger partial charge in [-0.15, -0.1) is 0 Å². The molecule has 7 heteroatoms. The Hall–Kier alpha value is -2.28. The summed E-state index contributed by atoms with van der Waals surface area (Å²) >= 11 is 3.39. The molecule has 1 aromatic heterocycles. The number of nitrogens with one attached hydrogen (secondary N) is 2. The lowest BCUT2D eigenvalue weighted by atomic mass is 10.1. The van der Waals surface area contributed by atoms with Gasteiger partial charge in [-0.3, -0.25) is 20.4 Å². The van der Waals surface area contributed by atoms with Crippen LogP contribution in [0.2, 0.25) is 0 Å². The fourth-order valence-corrected chi connectivity index (χ4v) is 2.66. The molecule has 0 aliphatic heterocycles. The fourth-order valence-electron chi connectivity index (χ4n) is 2.28. The molecule has 6 nitrogen and oxygen atoms in total. The number of furan rings is 1. The Morgan fingerprint density at radius 3 is 2.40 bits per heavy atom. The van der Waals surface area contributed by atoms with Gasteiger partial charge < -0.3 is 9.15 Å². The van der Waals surface area contributed by atoms with E-state index in [1.54, 1.807) is 26.0 Å². The predicted octanol–water partition coefficient (Wildman–Crippen LogP) is 3.52. The van der Waals surface area contributed by atoms with E-state index in [9.17, 15) is 9.59 Å². The van der Waals surface area contributed by atoms with Crippen molar-refractivity contribution < 1.29 is 18.7 Å². The van der Waals surface area contributed by atoms with Crippen LogP contribution < -0.4 is 15.6 Å². The lowest BCUT2D eigenvalue weighted by Crippen LogP contribution is -2.49. The minimum absolute atomic E-state index is 0.0954. The maximum absolute atomic E-state index is 12.4. The number of para-hydroxylation sites is 1. The van der Waals surface area contributed by atoms with Crippen molar-refractivity contribution in [1.82, 2.24) is 10.9 Å². The second-order valence-electron chi connectivity index (χ2n) is 5.98. The smallest absolute Gasteiger partial charge is 0.279 e. The zero-order chi connectivity index (χ0) is 18.6. The third kappa shape index (κ3) is 4.85. The number of carbonyl (C=O) groups excluding carboxylic acids is 2. The van der Waals surface area contributed by atoms with Crippen LogP contribution in [0, 0.1) is 19.8 Å². The van der Waals surface area contributed by atoms with Crippen LogP contribution in [0.15, 0.2) is 39.2 Å². The van der Waals surface area contributed by atoms with Gasteiger partial charge in [0.05, 0.1) is 10.0 Å². The van der Waals surface area contributed by atoms with Crippen molar-refractivity contribution in [3.63, 3.8) is 0 Å². The van der Waals surface area contributed by atoms with Gasteiger partial charge in [0.15, 0.2) is 6.10 Å². The van der Waals surface area contributed by atoms with Crippen LogP contribution in [0.25, 0.3) is 0 Å². The molecule has 0 saturated carbocycles. The monoisotopic (exact) mass is 408 g/mol. The van der Waals surface area contributed by atoms with Crippen molar-refractivity contribution >= 4 is 27.7 Å². The van der Waals surface area contributed by atoms with Gasteiger partial charge in [0, 0.05) is 0 Å². The average molecular weight is 409 g/mol. The highest BCUT2D eigenvalue weighted by atomic mass is 79.9. The van der Waals surface area contributed by atoms with Crippen LogP contribution in [0.4, 0.5) is 0 Å². The van der Waals surface area contributed by atoms with Gasteiger partial charge in [0.1, 0.15) is 17.3 Å². The summed E-state index contributed by atoms with van der Waals surface area (Å²) in [6.45, 7) is 7.18. The maximum atomic E-state index is 12.4. The van der Waals surface area contributed by atoms with Crippen LogP contribution in [0.1, 0.15) is 35.7 Å². The van der Waals surface area contributed by atoms with Crippen molar-refractivity contribution in [2.24, 2.45) is 5.92 Å². The highest BCUT2D eigenvalue weighted by Gasteiger charge is 2.26. The summed E-state index contributed by atoms with van der Waals surface area (Å²) in [5, 5.41) is 0. The highest BCUT2D eigenvalue weighted by molar-refractivity contribution is 9.10. The Balaban J connectivity index is 2.02. The summed E-state index contributed by atoms with van der Waals surface area (Å²) in [4.78, 5) is 24.6. The molecule has 2 amide bonds. The molecular formula is C18H21BrN2O4. The summed E-state index contributed by atoms with van der Waals surface area (Å²) in [7, 11) is 0. The molecule has 0 unspecified atom stereocenters. The molecule has 2 N–H and O–H groups in total. The molecule has 1 aromatic carbocycles. The third-order valence-electron chi connectivity index (χ3n) is 3.54. The van der Waals surface area contributed by atoms with Gasteiger partial charge >= 0.3 is 0 Å². The molecule has 1 heterocycles. The van der Waals surface area contributed by atoms with E-state index in [0.717, 1.165) is 4.47 Å². The third-order valence-corrected chi connectivity index (χ3v) is 4.19. The number of benzene rings is 1. The minimum atomic E-state index is -0.758. The molecule has 1 atom stereocenters. The standard InChI is InChI=1S/C18H21BrN2O4/c1-10(2)16(25-15-8-6-5-7-14(15)19)18(23)21-20-17(22)13-9-11(3)24-12(13)4/h5-10,16H,1-4H3,(H,20,22)(H,21,23)/t16-/m1/s1. The van der Waals surface area contributed by atoms with E-state index in [-0.39, 0.29) is 5.92 Å². The molecule has 2 aromatic rings. The molecule has 2 rings (SSSR count).